The molecule has 0 fully saturated rings. The highest BCUT2D eigenvalue weighted by molar-refractivity contribution is 5.93. The van der Waals surface area contributed by atoms with Crippen LogP contribution in [0.25, 0.3) is 0 Å². The zero-order valence-electron chi connectivity index (χ0n) is 15.5. The van der Waals surface area contributed by atoms with Crippen LogP contribution in [0.15, 0.2) is 60.7 Å². The minimum absolute atomic E-state index is 0.0879. The Bertz CT molecular complexity index is 739. The molecule has 0 heterocycles. The number of benzene rings is 2. The van der Waals surface area contributed by atoms with Crippen LogP contribution in [0.4, 0.5) is 11.4 Å². The SMILES string of the molecule is C=C(C)COc1ccc(NCC(=O)Nc2cccc(OC(C)C)c2)cc1. The summed E-state index contributed by atoms with van der Waals surface area (Å²) < 4.78 is 11.2. The molecule has 5 nitrogen and oxygen atoms in total. The first kappa shape index (κ1) is 19.4. The second-order valence-corrected chi connectivity index (χ2v) is 6.37. The molecule has 0 unspecified atom stereocenters. The van der Waals surface area contributed by atoms with E-state index in [0.29, 0.717) is 12.3 Å². The average Bonchev–Trinajstić information content (AvgIpc) is 2.59. The zero-order chi connectivity index (χ0) is 18.9. The van der Waals surface area contributed by atoms with Crippen LogP contribution in [0.3, 0.4) is 0 Å². The topological polar surface area (TPSA) is 59.6 Å². The van der Waals surface area contributed by atoms with Crippen molar-refractivity contribution in [2.24, 2.45) is 0 Å². The summed E-state index contributed by atoms with van der Waals surface area (Å²) in [6.45, 7) is 10.3. The van der Waals surface area contributed by atoms with Crippen molar-refractivity contribution in [3.05, 3.63) is 60.7 Å². The molecular weight excluding hydrogens is 328 g/mol. The maximum Gasteiger partial charge on any atom is 0.243 e. The van der Waals surface area contributed by atoms with Crippen LogP contribution in [0.2, 0.25) is 0 Å². The van der Waals surface area contributed by atoms with Gasteiger partial charge in [-0.15, -0.1) is 0 Å². The summed E-state index contributed by atoms with van der Waals surface area (Å²) in [5.41, 5.74) is 2.52. The van der Waals surface area contributed by atoms with E-state index in [9.17, 15) is 4.79 Å². The molecule has 0 aliphatic carbocycles. The Labute approximate surface area is 155 Å². The van der Waals surface area contributed by atoms with Gasteiger partial charge in [-0.2, -0.15) is 0 Å². The highest BCUT2D eigenvalue weighted by atomic mass is 16.5. The van der Waals surface area contributed by atoms with Crippen molar-refractivity contribution in [3.8, 4) is 11.5 Å². The standard InChI is InChI=1S/C21H26N2O3/c1-15(2)14-25-19-10-8-17(9-11-19)22-13-21(24)23-18-6-5-7-20(12-18)26-16(3)4/h5-12,16,22H,1,13-14H2,2-4H3,(H,23,24). The number of hydrogen-bond acceptors (Lipinski definition) is 4. The number of nitrogens with one attached hydrogen (secondary N) is 2. The van der Waals surface area contributed by atoms with Gasteiger partial charge in [-0.05, 0) is 62.7 Å². The molecule has 138 valence electrons. The van der Waals surface area contributed by atoms with Crippen LogP contribution in [0.5, 0.6) is 11.5 Å². The van der Waals surface area contributed by atoms with E-state index >= 15 is 0 Å². The van der Waals surface area contributed by atoms with E-state index in [1.54, 1.807) is 0 Å². The molecule has 0 atom stereocenters. The maximum atomic E-state index is 12.1. The summed E-state index contributed by atoms with van der Waals surface area (Å²) in [7, 11) is 0. The zero-order valence-corrected chi connectivity index (χ0v) is 15.5. The fourth-order valence-corrected chi connectivity index (χ4v) is 2.18. The van der Waals surface area contributed by atoms with Gasteiger partial charge in [0.15, 0.2) is 0 Å². The van der Waals surface area contributed by atoms with Crippen molar-refractivity contribution in [2.75, 3.05) is 23.8 Å². The fourth-order valence-electron chi connectivity index (χ4n) is 2.18. The van der Waals surface area contributed by atoms with E-state index in [-0.39, 0.29) is 18.6 Å². The van der Waals surface area contributed by atoms with Crippen LogP contribution in [0, 0.1) is 0 Å². The summed E-state index contributed by atoms with van der Waals surface area (Å²) in [6.07, 6.45) is 0.0879. The van der Waals surface area contributed by atoms with Crippen LogP contribution in [0.1, 0.15) is 20.8 Å². The third-order valence-corrected chi connectivity index (χ3v) is 3.28. The lowest BCUT2D eigenvalue weighted by Gasteiger charge is -2.12. The minimum atomic E-state index is -0.130. The second-order valence-electron chi connectivity index (χ2n) is 6.37. The lowest BCUT2D eigenvalue weighted by atomic mass is 10.3. The molecule has 0 radical (unpaired) electrons. The molecule has 0 aliphatic rings. The minimum Gasteiger partial charge on any atom is -0.491 e. The van der Waals surface area contributed by atoms with Gasteiger partial charge in [0, 0.05) is 17.4 Å². The van der Waals surface area contributed by atoms with Crippen molar-refractivity contribution in [2.45, 2.75) is 26.9 Å². The fraction of sp³-hybridized carbons (Fsp3) is 0.286. The monoisotopic (exact) mass is 354 g/mol. The Hall–Kier alpha value is -2.95. The van der Waals surface area contributed by atoms with E-state index in [4.69, 9.17) is 9.47 Å². The van der Waals surface area contributed by atoms with Crippen LogP contribution < -0.4 is 20.1 Å². The van der Waals surface area contributed by atoms with Crippen molar-refractivity contribution in [1.29, 1.82) is 0 Å². The van der Waals surface area contributed by atoms with Gasteiger partial charge in [0.05, 0.1) is 12.6 Å². The normalized spacial score (nSPS) is 10.3. The van der Waals surface area contributed by atoms with Crippen molar-refractivity contribution in [3.63, 3.8) is 0 Å². The molecule has 0 saturated heterocycles. The average molecular weight is 354 g/mol. The summed E-state index contributed by atoms with van der Waals surface area (Å²) in [6, 6.07) is 14.8. The lowest BCUT2D eigenvalue weighted by molar-refractivity contribution is -0.114. The molecule has 0 aromatic heterocycles. The number of carbonyl (C=O) groups is 1. The number of anilines is 2. The number of amides is 1. The van der Waals surface area contributed by atoms with Crippen LogP contribution in [-0.4, -0.2) is 25.2 Å². The predicted octanol–water partition coefficient (Wildman–Crippen LogP) is 4.48. The van der Waals surface area contributed by atoms with Crippen molar-refractivity contribution < 1.29 is 14.3 Å². The molecule has 0 saturated carbocycles. The van der Waals surface area contributed by atoms with Gasteiger partial charge >= 0.3 is 0 Å². The molecule has 5 heteroatoms. The predicted molar refractivity (Wildman–Crippen MR) is 106 cm³/mol. The molecular formula is C21H26N2O3. The largest absolute Gasteiger partial charge is 0.491 e. The van der Waals surface area contributed by atoms with Gasteiger partial charge in [-0.1, -0.05) is 12.6 Å². The lowest BCUT2D eigenvalue weighted by Crippen LogP contribution is -2.21. The van der Waals surface area contributed by atoms with Gasteiger partial charge in [-0.3, -0.25) is 4.79 Å². The first-order valence-electron chi connectivity index (χ1n) is 8.60. The Morgan fingerprint density at radius 3 is 2.46 bits per heavy atom. The summed E-state index contributed by atoms with van der Waals surface area (Å²) in [5.74, 6) is 1.37. The Kier molecular flexibility index (Phi) is 7.09. The summed E-state index contributed by atoms with van der Waals surface area (Å²) >= 11 is 0. The summed E-state index contributed by atoms with van der Waals surface area (Å²) in [5, 5.41) is 5.94. The second kappa shape index (κ2) is 9.51. The highest BCUT2D eigenvalue weighted by Crippen LogP contribution is 2.19. The van der Waals surface area contributed by atoms with E-state index in [0.717, 1.165) is 22.8 Å². The Balaban J connectivity index is 1.82. The van der Waals surface area contributed by atoms with Crippen LogP contribution >= 0.6 is 0 Å². The molecule has 0 spiro atoms. The van der Waals surface area contributed by atoms with E-state index < -0.39 is 0 Å². The van der Waals surface area contributed by atoms with Crippen LogP contribution in [-0.2, 0) is 4.79 Å². The first-order chi connectivity index (χ1) is 12.4. The smallest absolute Gasteiger partial charge is 0.243 e. The number of hydrogen-bond donors (Lipinski definition) is 2. The molecule has 2 aromatic rings. The van der Waals surface area contributed by atoms with Gasteiger partial charge in [0.2, 0.25) is 5.91 Å². The molecule has 26 heavy (non-hydrogen) atoms. The molecule has 1 amide bonds. The highest BCUT2D eigenvalue weighted by Gasteiger charge is 2.05. The van der Waals surface area contributed by atoms with Crippen molar-refractivity contribution in [1.82, 2.24) is 0 Å². The quantitative estimate of drug-likeness (QED) is 0.652. The molecule has 2 N–H and O–H groups in total. The summed E-state index contributed by atoms with van der Waals surface area (Å²) in [4.78, 5) is 12.1. The van der Waals surface area contributed by atoms with E-state index in [1.165, 1.54) is 0 Å². The third kappa shape index (κ3) is 6.89. The third-order valence-electron chi connectivity index (χ3n) is 3.28. The van der Waals surface area contributed by atoms with E-state index in [1.807, 2.05) is 69.3 Å². The van der Waals surface area contributed by atoms with Gasteiger partial charge in [0.25, 0.3) is 0 Å². The van der Waals surface area contributed by atoms with Crippen molar-refractivity contribution >= 4 is 17.3 Å². The maximum absolute atomic E-state index is 12.1. The Morgan fingerprint density at radius 2 is 1.81 bits per heavy atom. The number of carbonyl (C=O) groups excluding carboxylic acids is 1. The molecule has 2 aromatic carbocycles. The Morgan fingerprint density at radius 1 is 1.08 bits per heavy atom. The number of rotatable bonds is 9. The molecule has 2 rings (SSSR count). The van der Waals surface area contributed by atoms with Gasteiger partial charge in [0.1, 0.15) is 18.1 Å². The van der Waals surface area contributed by atoms with E-state index in [2.05, 4.69) is 17.2 Å². The van der Waals surface area contributed by atoms with Gasteiger partial charge < -0.3 is 20.1 Å². The first-order valence-corrected chi connectivity index (χ1v) is 8.60. The molecule has 0 bridgehead atoms. The molecule has 0 aliphatic heterocycles. The number of ether oxygens (including phenoxy) is 2. The van der Waals surface area contributed by atoms with Gasteiger partial charge in [-0.25, -0.2) is 0 Å².